The predicted molar refractivity (Wildman–Crippen MR) is 69.7 cm³/mol. The molecule has 0 saturated heterocycles. The van der Waals surface area contributed by atoms with E-state index >= 15 is 0 Å². The normalized spacial score (nSPS) is 10.9. The molecular formula is C13H14BrNO. The zero-order valence-corrected chi connectivity index (χ0v) is 11.0. The van der Waals surface area contributed by atoms with Gasteiger partial charge in [-0.2, -0.15) is 0 Å². The molecule has 0 aliphatic heterocycles. The Kier molecular flexibility index (Phi) is 3.15. The number of fused-ring (bicyclic) bond motifs is 1. The number of hydrogen-bond donors (Lipinski definition) is 0. The molecule has 16 heavy (non-hydrogen) atoms. The van der Waals surface area contributed by atoms with Crippen molar-refractivity contribution in [1.82, 2.24) is 4.57 Å². The topological polar surface area (TPSA) is 22.0 Å². The fraction of sp³-hybridized carbons (Fsp3) is 0.308. The fourth-order valence-electron chi connectivity index (χ4n) is 2.07. The predicted octanol–water partition coefficient (Wildman–Crippen LogP) is 3.56. The average Bonchev–Trinajstić information content (AvgIpc) is 2.52. The molecule has 0 radical (unpaired) electrons. The molecule has 1 aromatic heterocycles. The molecule has 0 aliphatic carbocycles. The summed E-state index contributed by atoms with van der Waals surface area (Å²) in [7, 11) is 0. The molecule has 0 N–H and O–H groups in total. The molecule has 0 amide bonds. The summed E-state index contributed by atoms with van der Waals surface area (Å²) >= 11 is 3.46. The minimum Gasteiger partial charge on any atom is -0.344 e. The molecule has 0 fully saturated rings. The number of carbonyl (C=O) groups is 1. The Balaban J connectivity index is 2.61. The number of ketones is 1. The summed E-state index contributed by atoms with van der Waals surface area (Å²) in [4.78, 5) is 11.2. The highest BCUT2D eigenvalue weighted by Gasteiger charge is 2.09. The highest BCUT2D eigenvalue weighted by molar-refractivity contribution is 9.10. The van der Waals surface area contributed by atoms with Gasteiger partial charge in [-0.3, -0.25) is 4.79 Å². The average molecular weight is 280 g/mol. The molecule has 2 nitrogen and oxygen atoms in total. The lowest BCUT2D eigenvalue weighted by Crippen LogP contribution is -2.04. The van der Waals surface area contributed by atoms with Crippen molar-refractivity contribution in [2.24, 2.45) is 0 Å². The van der Waals surface area contributed by atoms with Crippen molar-refractivity contribution in [3.8, 4) is 0 Å². The summed E-state index contributed by atoms with van der Waals surface area (Å²) in [6, 6.07) is 8.31. The lowest BCUT2D eigenvalue weighted by Gasteiger charge is -2.06. The maximum absolute atomic E-state index is 11.2. The Hall–Kier alpha value is -1.09. The monoisotopic (exact) mass is 279 g/mol. The first-order chi connectivity index (χ1) is 7.61. The third-order valence-electron chi connectivity index (χ3n) is 2.70. The number of aryl methyl sites for hydroxylation is 1. The van der Waals surface area contributed by atoms with Gasteiger partial charge in [0.05, 0.1) is 0 Å². The van der Waals surface area contributed by atoms with Crippen LogP contribution in [-0.4, -0.2) is 10.4 Å². The standard InChI is InChI=1S/C13H14BrNO/c1-3-15-12(6-9(2)16)8-10-7-11(14)4-5-13(10)15/h4-5,7-8H,3,6H2,1-2H3. The van der Waals surface area contributed by atoms with Gasteiger partial charge in [0, 0.05) is 34.0 Å². The number of aromatic nitrogens is 1. The molecule has 3 heteroatoms. The lowest BCUT2D eigenvalue weighted by atomic mass is 10.2. The first-order valence-electron chi connectivity index (χ1n) is 5.39. The highest BCUT2D eigenvalue weighted by Crippen LogP contribution is 2.24. The third kappa shape index (κ3) is 2.05. The van der Waals surface area contributed by atoms with Gasteiger partial charge in [-0.25, -0.2) is 0 Å². The van der Waals surface area contributed by atoms with Crippen LogP contribution in [0, 0.1) is 0 Å². The van der Waals surface area contributed by atoms with Gasteiger partial charge in [0.15, 0.2) is 0 Å². The molecule has 84 valence electrons. The van der Waals surface area contributed by atoms with Crippen LogP contribution in [-0.2, 0) is 17.8 Å². The third-order valence-corrected chi connectivity index (χ3v) is 3.19. The van der Waals surface area contributed by atoms with Crippen LogP contribution in [0.4, 0.5) is 0 Å². The van der Waals surface area contributed by atoms with Gasteiger partial charge in [0.25, 0.3) is 0 Å². The van der Waals surface area contributed by atoms with E-state index in [4.69, 9.17) is 0 Å². The van der Waals surface area contributed by atoms with Crippen LogP contribution in [0.3, 0.4) is 0 Å². The molecule has 2 rings (SSSR count). The van der Waals surface area contributed by atoms with Crippen LogP contribution in [0.25, 0.3) is 10.9 Å². The van der Waals surface area contributed by atoms with Gasteiger partial charge in [0.2, 0.25) is 0 Å². The SMILES string of the molecule is CCn1c(CC(C)=O)cc2cc(Br)ccc21. The van der Waals surface area contributed by atoms with Crippen molar-refractivity contribution in [3.63, 3.8) is 0 Å². The van der Waals surface area contributed by atoms with E-state index in [0.717, 1.165) is 16.7 Å². The van der Waals surface area contributed by atoms with E-state index in [1.54, 1.807) is 6.92 Å². The number of benzene rings is 1. The van der Waals surface area contributed by atoms with Crippen LogP contribution in [0.1, 0.15) is 19.5 Å². The second-order valence-electron chi connectivity index (χ2n) is 3.96. The van der Waals surface area contributed by atoms with E-state index in [2.05, 4.69) is 45.6 Å². The number of carbonyl (C=O) groups excluding carboxylic acids is 1. The van der Waals surface area contributed by atoms with Crippen LogP contribution < -0.4 is 0 Å². The molecule has 0 saturated carbocycles. The number of rotatable bonds is 3. The highest BCUT2D eigenvalue weighted by atomic mass is 79.9. The number of halogens is 1. The van der Waals surface area contributed by atoms with Gasteiger partial charge >= 0.3 is 0 Å². The van der Waals surface area contributed by atoms with E-state index < -0.39 is 0 Å². The summed E-state index contributed by atoms with van der Waals surface area (Å²) in [5.41, 5.74) is 2.30. The molecular weight excluding hydrogens is 266 g/mol. The summed E-state index contributed by atoms with van der Waals surface area (Å²) in [5.74, 6) is 0.205. The van der Waals surface area contributed by atoms with Gasteiger partial charge in [-0.15, -0.1) is 0 Å². The zero-order valence-electron chi connectivity index (χ0n) is 9.46. The van der Waals surface area contributed by atoms with E-state index in [0.29, 0.717) is 6.42 Å². The molecule has 0 unspecified atom stereocenters. The summed E-state index contributed by atoms with van der Waals surface area (Å²) in [5, 5.41) is 1.19. The summed E-state index contributed by atoms with van der Waals surface area (Å²) in [6.45, 7) is 4.63. The minimum absolute atomic E-state index is 0.205. The van der Waals surface area contributed by atoms with Crippen molar-refractivity contribution in [2.45, 2.75) is 26.8 Å². The van der Waals surface area contributed by atoms with Crippen LogP contribution in [0.15, 0.2) is 28.7 Å². The van der Waals surface area contributed by atoms with Crippen LogP contribution >= 0.6 is 15.9 Å². The maximum Gasteiger partial charge on any atom is 0.135 e. The van der Waals surface area contributed by atoms with E-state index in [9.17, 15) is 4.79 Å². The van der Waals surface area contributed by atoms with E-state index in [1.165, 1.54) is 10.9 Å². The zero-order chi connectivity index (χ0) is 11.7. The molecule has 0 atom stereocenters. The number of hydrogen-bond acceptors (Lipinski definition) is 1. The van der Waals surface area contributed by atoms with Crippen LogP contribution in [0.5, 0.6) is 0 Å². The molecule has 0 aliphatic rings. The van der Waals surface area contributed by atoms with Crippen molar-refractivity contribution in [2.75, 3.05) is 0 Å². The van der Waals surface area contributed by atoms with Gasteiger partial charge in [-0.1, -0.05) is 15.9 Å². The smallest absolute Gasteiger partial charge is 0.135 e. The van der Waals surface area contributed by atoms with E-state index in [1.807, 2.05) is 6.07 Å². The molecule has 0 bridgehead atoms. The van der Waals surface area contributed by atoms with Crippen molar-refractivity contribution in [1.29, 1.82) is 0 Å². The Morgan fingerprint density at radius 3 is 2.75 bits per heavy atom. The van der Waals surface area contributed by atoms with Gasteiger partial charge < -0.3 is 4.57 Å². The Bertz CT molecular complexity index is 542. The summed E-state index contributed by atoms with van der Waals surface area (Å²) in [6.07, 6.45) is 0.514. The molecule has 1 aromatic carbocycles. The minimum atomic E-state index is 0.205. The Morgan fingerprint density at radius 1 is 1.38 bits per heavy atom. The van der Waals surface area contributed by atoms with E-state index in [-0.39, 0.29) is 5.78 Å². The molecule has 1 heterocycles. The second-order valence-corrected chi connectivity index (χ2v) is 4.88. The van der Waals surface area contributed by atoms with Crippen molar-refractivity contribution >= 4 is 32.6 Å². The number of nitrogens with zero attached hydrogens (tertiary/aromatic N) is 1. The first-order valence-corrected chi connectivity index (χ1v) is 6.18. The van der Waals surface area contributed by atoms with Gasteiger partial charge in [-0.05, 0) is 38.1 Å². The largest absolute Gasteiger partial charge is 0.344 e. The molecule has 0 spiro atoms. The van der Waals surface area contributed by atoms with Crippen molar-refractivity contribution in [3.05, 3.63) is 34.4 Å². The Labute approximate surface area is 103 Å². The second kappa shape index (κ2) is 4.42. The summed E-state index contributed by atoms with van der Waals surface area (Å²) < 4.78 is 3.27. The quantitative estimate of drug-likeness (QED) is 0.842. The molecule has 2 aromatic rings. The van der Waals surface area contributed by atoms with Crippen LogP contribution in [0.2, 0.25) is 0 Å². The van der Waals surface area contributed by atoms with Gasteiger partial charge in [0.1, 0.15) is 5.78 Å². The maximum atomic E-state index is 11.2. The fourth-order valence-corrected chi connectivity index (χ4v) is 2.45. The number of Topliss-reactive ketones (excluding diaryl/α,β-unsaturated/α-hetero) is 1. The first kappa shape index (κ1) is 11.4. The lowest BCUT2D eigenvalue weighted by molar-refractivity contribution is -0.116. The van der Waals surface area contributed by atoms with Crippen molar-refractivity contribution < 1.29 is 4.79 Å². The Morgan fingerprint density at radius 2 is 2.12 bits per heavy atom.